The van der Waals surface area contributed by atoms with Crippen LogP contribution in [-0.2, 0) is 0 Å². The van der Waals surface area contributed by atoms with Gasteiger partial charge in [0, 0.05) is 18.3 Å². The summed E-state index contributed by atoms with van der Waals surface area (Å²) in [6.07, 6.45) is 13.0. The Morgan fingerprint density at radius 2 is 2.04 bits per heavy atom. The molecular formula is C19H28N4O. The number of aryl methyl sites for hydroxylation is 1. The predicted molar refractivity (Wildman–Crippen MR) is 96.1 cm³/mol. The van der Waals surface area contributed by atoms with Crippen molar-refractivity contribution < 1.29 is 4.79 Å². The van der Waals surface area contributed by atoms with Crippen LogP contribution in [0.5, 0.6) is 0 Å². The topological polar surface area (TPSA) is 66.9 Å². The van der Waals surface area contributed by atoms with Gasteiger partial charge in [-0.25, -0.2) is 9.97 Å². The largest absolute Gasteiger partial charge is 0.354 e. The summed E-state index contributed by atoms with van der Waals surface area (Å²) in [6.45, 7) is 2.72. The summed E-state index contributed by atoms with van der Waals surface area (Å²) in [5, 5.41) is 6.37. The molecule has 0 atom stereocenters. The normalized spacial score (nSPS) is 18.3. The summed E-state index contributed by atoms with van der Waals surface area (Å²) in [5.74, 6) is 0.480. The van der Waals surface area contributed by atoms with Crippen molar-refractivity contribution in [3.05, 3.63) is 29.1 Å². The Balaban J connectivity index is 1.56. The molecule has 2 aliphatic rings. The first-order chi connectivity index (χ1) is 11.7. The molecule has 0 unspecified atom stereocenters. The van der Waals surface area contributed by atoms with Gasteiger partial charge in [-0.05, 0) is 57.9 Å². The van der Waals surface area contributed by atoms with Crippen molar-refractivity contribution in [2.75, 3.05) is 11.9 Å². The van der Waals surface area contributed by atoms with Crippen LogP contribution in [0.4, 0.5) is 5.95 Å². The van der Waals surface area contributed by atoms with Gasteiger partial charge in [-0.3, -0.25) is 4.79 Å². The molecule has 1 fully saturated rings. The minimum Gasteiger partial charge on any atom is -0.354 e. The van der Waals surface area contributed by atoms with E-state index in [1.165, 1.54) is 44.1 Å². The molecule has 3 rings (SSSR count). The molecule has 5 heteroatoms. The average Bonchev–Trinajstić information content (AvgIpc) is 3.08. The highest BCUT2D eigenvalue weighted by atomic mass is 16.1. The lowest BCUT2D eigenvalue weighted by Gasteiger charge is -2.14. The minimum absolute atomic E-state index is 0.0783. The lowest BCUT2D eigenvalue weighted by Crippen LogP contribution is -2.33. The van der Waals surface area contributed by atoms with Gasteiger partial charge in [-0.1, -0.05) is 24.5 Å². The number of carbonyl (C=O) groups excluding carboxylic acids is 1. The Hall–Kier alpha value is -1.91. The van der Waals surface area contributed by atoms with Crippen molar-refractivity contribution in [3.8, 4) is 0 Å². The van der Waals surface area contributed by atoms with Crippen LogP contribution in [-0.4, -0.2) is 28.5 Å². The van der Waals surface area contributed by atoms with Crippen LogP contribution in [0.25, 0.3) is 0 Å². The van der Waals surface area contributed by atoms with Crippen molar-refractivity contribution in [1.82, 2.24) is 15.3 Å². The van der Waals surface area contributed by atoms with E-state index < -0.39 is 0 Å². The average molecular weight is 328 g/mol. The Kier molecular flexibility index (Phi) is 5.83. The molecule has 130 valence electrons. The number of allylic oxidation sites excluding steroid dienone is 1. The SMILES string of the molecule is Cc1cc(C(=O)NC2CCCC2)nc(NCCC2=CCCCC2)n1. The highest BCUT2D eigenvalue weighted by Gasteiger charge is 2.19. The number of nitrogens with one attached hydrogen (secondary N) is 2. The van der Waals surface area contributed by atoms with Crippen molar-refractivity contribution in [3.63, 3.8) is 0 Å². The second-order valence-corrected chi connectivity index (χ2v) is 6.96. The van der Waals surface area contributed by atoms with E-state index in [4.69, 9.17) is 0 Å². The van der Waals surface area contributed by atoms with Crippen LogP contribution in [0, 0.1) is 6.92 Å². The smallest absolute Gasteiger partial charge is 0.270 e. The molecule has 1 aromatic rings. The van der Waals surface area contributed by atoms with Crippen LogP contribution in [0.1, 0.15) is 74.0 Å². The standard InChI is InChI=1S/C19H28N4O/c1-14-13-17(18(24)22-16-9-5-6-10-16)23-19(21-14)20-12-11-15-7-3-2-4-8-15/h7,13,16H,2-6,8-12H2,1H3,(H,22,24)(H,20,21,23). The van der Waals surface area contributed by atoms with E-state index in [0.29, 0.717) is 17.7 Å². The van der Waals surface area contributed by atoms with Gasteiger partial charge >= 0.3 is 0 Å². The Bertz CT molecular complexity index is 605. The van der Waals surface area contributed by atoms with Crippen LogP contribution in [0.2, 0.25) is 0 Å². The van der Waals surface area contributed by atoms with Crippen molar-refractivity contribution in [2.45, 2.75) is 70.8 Å². The lowest BCUT2D eigenvalue weighted by molar-refractivity contribution is 0.0932. The number of nitrogens with zero attached hydrogens (tertiary/aromatic N) is 2. The van der Waals surface area contributed by atoms with Crippen molar-refractivity contribution in [2.24, 2.45) is 0 Å². The monoisotopic (exact) mass is 328 g/mol. The van der Waals surface area contributed by atoms with E-state index >= 15 is 0 Å². The zero-order valence-electron chi connectivity index (χ0n) is 14.6. The summed E-state index contributed by atoms with van der Waals surface area (Å²) in [4.78, 5) is 21.2. The number of carbonyl (C=O) groups is 1. The van der Waals surface area contributed by atoms with E-state index in [2.05, 4.69) is 26.7 Å². The zero-order chi connectivity index (χ0) is 16.8. The van der Waals surface area contributed by atoms with Crippen molar-refractivity contribution in [1.29, 1.82) is 0 Å². The van der Waals surface area contributed by atoms with E-state index in [1.54, 1.807) is 6.07 Å². The van der Waals surface area contributed by atoms with E-state index in [9.17, 15) is 4.79 Å². The fraction of sp³-hybridized carbons (Fsp3) is 0.632. The third-order valence-electron chi connectivity index (χ3n) is 4.89. The number of rotatable bonds is 6. The molecular weight excluding hydrogens is 300 g/mol. The summed E-state index contributed by atoms with van der Waals surface area (Å²) in [6, 6.07) is 2.07. The molecule has 1 saturated carbocycles. The Morgan fingerprint density at radius 1 is 1.21 bits per heavy atom. The summed E-state index contributed by atoms with van der Waals surface area (Å²) in [5.41, 5.74) is 2.82. The first kappa shape index (κ1) is 16.9. The van der Waals surface area contributed by atoms with Crippen LogP contribution < -0.4 is 10.6 Å². The minimum atomic E-state index is -0.0783. The highest BCUT2D eigenvalue weighted by molar-refractivity contribution is 5.92. The zero-order valence-corrected chi connectivity index (χ0v) is 14.6. The van der Waals surface area contributed by atoms with E-state index in [0.717, 1.165) is 31.5 Å². The lowest BCUT2D eigenvalue weighted by atomic mass is 9.97. The number of anilines is 1. The molecule has 0 bridgehead atoms. The summed E-state index contributed by atoms with van der Waals surface area (Å²) < 4.78 is 0. The van der Waals surface area contributed by atoms with Crippen LogP contribution in [0.3, 0.4) is 0 Å². The molecule has 2 N–H and O–H groups in total. The second-order valence-electron chi connectivity index (χ2n) is 6.96. The molecule has 1 heterocycles. The second kappa shape index (κ2) is 8.27. The van der Waals surface area contributed by atoms with Gasteiger partial charge < -0.3 is 10.6 Å². The van der Waals surface area contributed by atoms with Crippen molar-refractivity contribution >= 4 is 11.9 Å². The summed E-state index contributed by atoms with van der Waals surface area (Å²) >= 11 is 0. The van der Waals surface area contributed by atoms with Gasteiger partial charge in [0.25, 0.3) is 5.91 Å². The Labute approximate surface area is 144 Å². The third kappa shape index (κ3) is 4.79. The van der Waals surface area contributed by atoms with Crippen LogP contribution in [0.15, 0.2) is 17.7 Å². The van der Waals surface area contributed by atoms with Crippen LogP contribution >= 0.6 is 0 Å². The molecule has 1 aromatic heterocycles. The predicted octanol–water partition coefficient (Wildman–Crippen LogP) is 3.76. The highest BCUT2D eigenvalue weighted by Crippen LogP contribution is 2.20. The van der Waals surface area contributed by atoms with E-state index in [-0.39, 0.29) is 5.91 Å². The van der Waals surface area contributed by atoms with Gasteiger partial charge in [0.05, 0.1) is 0 Å². The summed E-state index contributed by atoms with van der Waals surface area (Å²) in [7, 11) is 0. The maximum absolute atomic E-state index is 12.4. The van der Waals surface area contributed by atoms with Gasteiger partial charge in [-0.15, -0.1) is 0 Å². The number of aromatic nitrogens is 2. The molecule has 1 amide bonds. The first-order valence-corrected chi connectivity index (χ1v) is 9.29. The number of hydrogen-bond donors (Lipinski definition) is 2. The molecule has 0 aliphatic heterocycles. The van der Waals surface area contributed by atoms with Gasteiger partial charge in [-0.2, -0.15) is 0 Å². The molecule has 2 aliphatic carbocycles. The van der Waals surface area contributed by atoms with Gasteiger partial charge in [0.15, 0.2) is 0 Å². The van der Waals surface area contributed by atoms with Gasteiger partial charge in [0.1, 0.15) is 5.69 Å². The number of amides is 1. The number of hydrogen-bond acceptors (Lipinski definition) is 4. The fourth-order valence-electron chi connectivity index (χ4n) is 3.56. The molecule has 5 nitrogen and oxygen atoms in total. The quantitative estimate of drug-likeness (QED) is 0.780. The molecule has 24 heavy (non-hydrogen) atoms. The molecule has 0 saturated heterocycles. The molecule has 0 aromatic carbocycles. The maximum atomic E-state index is 12.4. The van der Waals surface area contributed by atoms with Gasteiger partial charge in [0.2, 0.25) is 5.95 Å². The maximum Gasteiger partial charge on any atom is 0.270 e. The first-order valence-electron chi connectivity index (χ1n) is 9.29. The van der Waals surface area contributed by atoms with E-state index in [1.807, 2.05) is 6.92 Å². The fourth-order valence-corrected chi connectivity index (χ4v) is 3.56. The molecule has 0 spiro atoms. The Morgan fingerprint density at radius 3 is 2.79 bits per heavy atom. The molecule has 0 radical (unpaired) electrons. The third-order valence-corrected chi connectivity index (χ3v) is 4.89.